The van der Waals surface area contributed by atoms with Crippen LogP contribution in [0.4, 0.5) is 0 Å². The third-order valence-electron chi connectivity index (χ3n) is 3.77. The van der Waals surface area contributed by atoms with Crippen LogP contribution < -0.4 is 10.5 Å². The van der Waals surface area contributed by atoms with Crippen LogP contribution in [0.25, 0.3) is 0 Å². The molecule has 23 heavy (non-hydrogen) atoms. The Hall–Kier alpha value is -1.96. The molecule has 1 aliphatic rings. The molecule has 2 amide bonds. The molecule has 1 aromatic rings. The van der Waals surface area contributed by atoms with Crippen molar-refractivity contribution in [2.24, 2.45) is 5.73 Å². The van der Waals surface area contributed by atoms with E-state index in [1.807, 2.05) is 6.92 Å². The summed E-state index contributed by atoms with van der Waals surface area (Å²) in [4.78, 5) is 25.2. The minimum Gasteiger partial charge on any atom is -0.473 e. The summed E-state index contributed by atoms with van der Waals surface area (Å²) in [7, 11) is 0. The third-order valence-corrected chi connectivity index (χ3v) is 3.77. The van der Waals surface area contributed by atoms with Crippen LogP contribution in [0.3, 0.4) is 0 Å². The highest BCUT2D eigenvalue weighted by Gasteiger charge is 2.35. The van der Waals surface area contributed by atoms with E-state index < -0.39 is 24.1 Å². The summed E-state index contributed by atoms with van der Waals surface area (Å²) in [6.07, 6.45) is 0.613. The number of carbonyl (C=O) groups is 2. The molecule has 2 rings (SSSR count). The number of ether oxygens (including phenoxy) is 1. The van der Waals surface area contributed by atoms with Crippen LogP contribution in [-0.2, 0) is 0 Å². The molecule has 1 aromatic carbocycles. The van der Waals surface area contributed by atoms with Crippen molar-refractivity contribution in [3.05, 3.63) is 29.3 Å². The SMILES string of the molecule is CCCCC(O)C(N)Oc1ccc2c(c1)C(=O)N(CCO)C2=O. The first-order chi connectivity index (χ1) is 11.0. The predicted octanol–water partition coefficient (Wildman–Crippen LogP) is 0.490. The molecule has 0 bridgehead atoms. The summed E-state index contributed by atoms with van der Waals surface area (Å²) in [6.45, 7) is 1.68. The van der Waals surface area contributed by atoms with E-state index in [9.17, 15) is 14.7 Å². The monoisotopic (exact) mass is 322 g/mol. The first-order valence-electron chi connectivity index (χ1n) is 7.71. The average Bonchev–Trinajstić information content (AvgIpc) is 2.77. The molecule has 1 heterocycles. The van der Waals surface area contributed by atoms with E-state index in [2.05, 4.69) is 0 Å². The number of fused-ring (bicyclic) bond motifs is 1. The summed E-state index contributed by atoms with van der Waals surface area (Å²) < 4.78 is 5.47. The van der Waals surface area contributed by atoms with Gasteiger partial charge in [0.25, 0.3) is 11.8 Å². The van der Waals surface area contributed by atoms with Gasteiger partial charge in [0.2, 0.25) is 0 Å². The molecule has 0 aliphatic carbocycles. The molecule has 0 aromatic heterocycles. The minimum absolute atomic E-state index is 0.0439. The number of aliphatic hydroxyl groups excluding tert-OH is 2. The van der Waals surface area contributed by atoms with E-state index in [-0.39, 0.29) is 24.3 Å². The molecule has 2 atom stereocenters. The molecule has 0 saturated carbocycles. The highest BCUT2D eigenvalue weighted by Crippen LogP contribution is 2.27. The first kappa shape index (κ1) is 17.4. The van der Waals surface area contributed by atoms with Crippen molar-refractivity contribution in [1.29, 1.82) is 0 Å². The Balaban J connectivity index is 2.11. The zero-order valence-corrected chi connectivity index (χ0v) is 13.1. The maximum Gasteiger partial charge on any atom is 0.261 e. The zero-order chi connectivity index (χ0) is 17.0. The van der Waals surface area contributed by atoms with Crippen LogP contribution in [-0.4, -0.2) is 52.4 Å². The number of rotatable bonds is 8. The number of nitrogens with zero attached hydrogens (tertiary/aromatic N) is 1. The lowest BCUT2D eigenvalue weighted by molar-refractivity contribution is 0.0332. The van der Waals surface area contributed by atoms with Crippen molar-refractivity contribution in [3.8, 4) is 5.75 Å². The fourth-order valence-corrected chi connectivity index (χ4v) is 2.46. The van der Waals surface area contributed by atoms with Gasteiger partial charge in [-0.2, -0.15) is 0 Å². The van der Waals surface area contributed by atoms with Crippen molar-refractivity contribution in [1.82, 2.24) is 4.90 Å². The van der Waals surface area contributed by atoms with E-state index in [1.165, 1.54) is 12.1 Å². The van der Waals surface area contributed by atoms with Crippen molar-refractivity contribution in [2.75, 3.05) is 13.2 Å². The molecular formula is C16H22N2O5. The number of imide groups is 1. The maximum atomic E-state index is 12.2. The lowest BCUT2D eigenvalue weighted by Crippen LogP contribution is -2.39. The van der Waals surface area contributed by atoms with E-state index >= 15 is 0 Å². The standard InChI is InChI=1S/C16H22N2O5/c1-2-3-4-13(20)14(17)23-10-5-6-11-12(9-10)16(22)18(7-8-19)15(11)21/h5-6,9,13-14,19-20H,2-4,7-8,17H2,1H3. The largest absolute Gasteiger partial charge is 0.473 e. The van der Waals surface area contributed by atoms with Gasteiger partial charge in [-0.1, -0.05) is 19.8 Å². The highest BCUT2D eigenvalue weighted by atomic mass is 16.5. The van der Waals surface area contributed by atoms with Gasteiger partial charge in [0.05, 0.1) is 24.3 Å². The second-order valence-electron chi connectivity index (χ2n) is 5.48. The second kappa shape index (κ2) is 7.54. The maximum absolute atomic E-state index is 12.2. The Morgan fingerprint density at radius 3 is 2.61 bits per heavy atom. The molecule has 0 saturated heterocycles. The van der Waals surface area contributed by atoms with Crippen molar-refractivity contribution < 1.29 is 24.5 Å². The molecule has 7 nitrogen and oxygen atoms in total. The van der Waals surface area contributed by atoms with E-state index in [1.54, 1.807) is 6.07 Å². The molecule has 0 fully saturated rings. The Bertz CT molecular complexity index is 590. The lowest BCUT2D eigenvalue weighted by Gasteiger charge is -2.20. The molecule has 0 radical (unpaired) electrons. The Kier molecular flexibility index (Phi) is 5.70. The van der Waals surface area contributed by atoms with Crippen molar-refractivity contribution >= 4 is 11.8 Å². The summed E-state index contributed by atoms with van der Waals surface area (Å²) in [5, 5.41) is 18.8. The van der Waals surface area contributed by atoms with E-state index in [4.69, 9.17) is 15.6 Å². The van der Waals surface area contributed by atoms with Gasteiger partial charge in [0, 0.05) is 0 Å². The molecule has 2 unspecified atom stereocenters. The molecule has 1 aliphatic heterocycles. The summed E-state index contributed by atoms with van der Waals surface area (Å²) >= 11 is 0. The van der Waals surface area contributed by atoms with Gasteiger partial charge in [-0.3, -0.25) is 20.2 Å². The Labute approximate surface area is 134 Å². The second-order valence-corrected chi connectivity index (χ2v) is 5.48. The normalized spacial score (nSPS) is 16.4. The van der Waals surface area contributed by atoms with Crippen LogP contribution in [0.15, 0.2) is 18.2 Å². The fourth-order valence-electron chi connectivity index (χ4n) is 2.46. The van der Waals surface area contributed by atoms with Gasteiger partial charge < -0.3 is 14.9 Å². The van der Waals surface area contributed by atoms with E-state index in [0.29, 0.717) is 12.2 Å². The predicted molar refractivity (Wildman–Crippen MR) is 83.0 cm³/mol. The van der Waals surface area contributed by atoms with E-state index in [0.717, 1.165) is 17.7 Å². The Morgan fingerprint density at radius 2 is 1.96 bits per heavy atom. The quantitative estimate of drug-likeness (QED) is 0.474. The summed E-state index contributed by atoms with van der Waals surface area (Å²) in [5.74, 6) is -0.582. The van der Waals surface area contributed by atoms with Gasteiger partial charge in [-0.25, -0.2) is 0 Å². The van der Waals surface area contributed by atoms with Gasteiger partial charge in [-0.05, 0) is 24.6 Å². The highest BCUT2D eigenvalue weighted by molar-refractivity contribution is 6.21. The number of hydrogen-bond acceptors (Lipinski definition) is 6. The van der Waals surface area contributed by atoms with Gasteiger partial charge in [0.1, 0.15) is 11.9 Å². The molecular weight excluding hydrogens is 300 g/mol. The number of carbonyl (C=O) groups excluding carboxylic acids is 2. The average molecular weight is 322 g/mol. The van der Waals surface area contributed by atoms with Crippen molar-refractivity contribution in [2.45, 2.75) is 38.5 Å². The van der Waals surface area contributed by atoms with Crippen LogP contribution in [0.2, 0.25) is 0 Å². The fraction of sp³-hybridized carbons (Fsp3) is 0.500. The zero-order valence-electron chi connectivity index (χ0n) is 13.1. The third kappa shape index (κ3) is 3.69. The number of unbranched alkanes of at least 4 members (excludes halogenated alkanes) is 1. The van der Waals surface area contributed by atoms with Gasteiger partial charge >= 0.3 is 0 Å². The van der Waals surface area contributed by atoms with Crippen LogP contribution in [0, 0.1) is 0 Å². The van der Waals surface area contributed by atoms with Gasteiger partial charge in [0.15, 0.2) is 6.23 Å². The number of aliphatic hydroxyl groups is 2. The number of benzene rings is 1. The summed E-state index contributed by atoms with van der Waals surface area (Å²) in [6, 6.07) is 4.48. The van der Waals surface area contributed by atoms with Crippen molar-refractivity contribution in [3.63, 3.8) is 0 Å². The summed E-state index contributed by atoms with van der Waals surface area (Å²) in [5.41, 5.74) is 6.30. The molecule has 4 N–H and O–H groups in total. The first-order valence-corrected chi connectivity index (χ1v) is 7.71. The topological polar surface area (TPSA) is 113 Å². The smallest absolute Gasteiger partial charge is 0.261 e. The number of nitrogens with two attached hydrogens (primary N) is 1. The lowest BCUT2D eigenvalue weighted by atomic mass is 10.1. The van der Waals surface area contributed by atoms with Crippen LogP contribution in [0.1, 0.15) is 46.9 Å². The Morgan fingerprint density at radius 1 is 1.26 bits per heavy atom. The molecule has 7 heteroatoms. The van der Waals surface area contributed by atoms with Gasteiger partial charge in [-0.15, -0.1) is 0 Å². The minimum atomic E-state index is -0.902. The molecule has 126 valence electrons. The van der Waals surface area contributed by atoms with Crippen LogP contribution >= 0.6 is 0 Å². The number of hydrogen-bond donors (Lipinski definition) is 3. The molecule has 0 spiro atoms. The number of β-amino-alcohol motifs (C(OH)–C–C–N with tert-alkyl or cyclic N) is 1. The number of amides is 2. The van der Waals surface area contributed by atoms with Crippen LogP contribution in [0.5, 0.6) is 5.75 Å².